The summed E-state index contributed by atoms with van der Waals surface area (Å²) in [6, 6.07) is 0.897. The van der Waals surface area contributed by atoms with Crippen molar-refractivity contribution in [3.8, 4) is 0 Å². The molecule has 0 radical (unpaired) electrons. The van der Waals surface area contributed by atoms with Crippen LogP contribution in [0.4, 0.5) is 19.1 Å². The van der Waals surface area contributed by atoms with E-state index < -0.39 is 11.9 Å². The molecule has 0 atom stereocenters. The molecule has 0 aromatic carbocycles. The lowest BCUT2D eigenvalue weighted by molar-refractivity contribution is -0.141. The minimum Gasteiger partial charge on any atom is -0.372 e. The van der Waals surface area contributed by atoms with Crippen LogP contribution in [0.25, 0.3) is 0 Å². The standard InChI is InChI=1S/C14H19F3N4O/c1-20-8-9-22-13(10-20)3-6-21(7-4-13)12-18-5-2-11(19-12)14(15,16)17/h2,5H,3-4,6-10H2,1H3. The van der Waals surface area contributed by atoms with Gasteiger partial charge in [0.1, 0.15) is 5.69 Å². The first-order valence-electron chi connectivity index (χ1n) is 7.36. The zero-order valence-electron chi connectivity index (χ0n) is 12.4. The van der Waals surface area contributed by atoms with Crippen LogP contribution in [0.2, 0.25) is 0 Å². The van der Waals surface area contributed by atoms with E-state index >= 15 is 0 Å². The van der Waals surface area contributed by atoms with Crippen molar-refractivity contribution in [1.82, 2.24) is 14.9 Å². The van der Waals surface area contributed by atoms with Crippen molar-refractivity contribution in [3.63, 3.8) is 0 Å². The molecule has 3 heterocycles. The molecule has 122 valence electrons. The van der Waals surface area contributed by atoms with Gasteiger partial charge in [-0.15, -0.1) is 0 Å². The van der Waals surface area contributed by atoms with Crippen molar-refractivity contribution < 1.29 is 17.9 Å². The van der Waals surface area contributed by atoms with Crippen molar-refractivity contribution in [1.29, 1.82) is 0 Å². The Morgan fingerprint density at radius 1 is 1.23 bits per heavy atom. The summed E-state index contributed by atoms with van der Waals surface area (Å²) in [4.78, 5) is 11.7. The smallest absolute Gasteiger partial charge is 0.372 e. The van der Waals surface area contributed by atoms with Crippen LogP contribution in [-0.4, -0.2) is 60.3 Å². The number of aromatic nitrogens is 2. The highest BCUT2D eigenvalue weighted by Gasteiger charge is 2.40. The predicted molar refractivity (Wildman–Crippen MR) is 74.7 cm³/mol. The van der Waals surface area contributed by atoms with Crippen molar-refractivity contribution in [3.05, 3.63) is 18.0 Å². The number of likely N-dealkylation sites (N-methyl/N-ethyl adjacent to an activating group) is 1. The van der Waals surface area contributed by atoms with Crippen molar-refractivity contribution in [2.24, 2.45) is 0 Å². The Balaban J connectivity index is 1.69. The Kier molecular flexibility index (Phi) is 3.98. The molecule has 2 saturated heterocycles. The molecule has 22 heavy (non-hydrogen) atoms. The molecule has 2 aliphatic rings. The summed E-state index contributed by atoms with van der Waals surface area (Å²) in [6.07, 6.45) is -1.72. The van der Waals surface area contributed by atoms with Gasteiger partial charge in [0.15, 0.2) is 0 Å². The maximum atomic E-state index is 12.7. The van der Waals surface area contributed by atoms with Crippen LogP contribution < -0.4 is 4.90 Å². The van der Waals surface area contributed by atoms with E-state index in [1.165, 1.54) is 6.20 Å². The second-order valence-corrected chi connectivity index (χ2v) is 6.00. The zero-order chi connectivity index (χ0) is 15.8. The van der Waals surface area contributed by atoms with E-state index in [4.69, 9.17) is 4.74 Å². The molecular weight excluding hydrogens is 297 g/mol. The Labute approximate surface area is 127 Å². The lowest BCUT2D eigenvalue weighted by Crippen LogP contribution is -2.56. The summed E-state index contributed by atoms with van der Waals surface area (Å²) in [5, 5.41) is 0. The van der Waals surface area contributed by atoms with Gasteiger partial charge in [0, 0.05) is 32.4 Å². The monoisotopic (exact) mass is 316 g/mol. The molecule has 0 amide bonds. The number of ether oxygens (including phenoxy) is 1. The number of nitrogens with zero attached hydrogens (tertiary/aromatic N) is 4. The topological polar surface area (TPSA) is 41.5 Å². The van der Waals surface area contributed by atoms with Gasteiger partial charge in [-0.1, -0.05) is 0 Å². The number of halogens is 3. The highest BCUT2D eigenvalue weighted by molar-refractivity contribution is 5.32. The zero-order valence-corrected chi connectivity index (χ0v) is 12.4. The molecule has 0 unspecified atom stereocenters. The third-order valence-electron chi connectivity index (χ3n) is 4.33. The van der Waals surface area contributed by atoms with E-state index in [-0.39, 0.29) is 11.5 Å². The van der Waals surface area contributed by atoms with Crippen LogP contribution in [0.1, 0.15) is 18.5 Å². The van der Waals surface area contributed by atoms with E-state index in [1.807, 2.05) is 0 Å². The van der Waals surface area contributed by atoms with Gasteiger partial charge in [0.25, 0.3) is 0 Å². The Morgan fingerprint density at radius 2 is 1.95 bits per heavy atom. The normalized spacial score (nSPS) is 23.0. The van der Waals surface area contributed by atoms with Crippen molar-refractivity contribution >= 4 is 5.95 Å². The van der Waals surface area contributed by atoms with Gasteiger partial charge in [0.2, 0.25) is 5.95 Å². The maximum Gasteiger partial charge on any atom is 0.433 e. The van der Waals surface area contributed by atoms with Gasteiger partial charge in [-0.2, -0.15) is 13.2 Å². The summed E-state index contributed by atoms with van der Waals surface area (Å²) in [5.41, 5.74) is -1.07. The molecule has 0 aliphatic carbocycles. The minimum atomic E-state index is -4.44. The average molecular weight is 316 g/mol. The minimum absolute atomic E-state index is 0.147. The number of rotatable bonds is 1. The summed E-state index contributed by atoms with van der Waals surface area (Å²) in [5.74, 6) is 0.147. The highest BCUT2D eigenvalue weighted by Crippen LogP contribution is 2.32. The lowest BCUT2D eigenvalue weighted by Gasteiger charge is -2.46. The Morgan fingerprint density at radius 3 is 2.59 bits per heavy atom. The van der Waals surface area contributed by atoms with Crippen molar-refractivity contribution in [2.45, 2.75) is 24.6 Å². The fraction of sp³-hybridized carbons (Fsp3) is 0.714. The van der Waals surface area contributed by atoms with Gasteiger partial charge in [-0.05, 0) is 26.0 Å². The predicted octanol–water partition coefficient (Wildman–Crippen LogP) is 1.80. The lowest BCUT2D eigenvalue weighted by atomic mass is 9.89. The van der Waals surface area contributed by atoms with Crippen LogP contribution >= 0.6 is 0 Å². The quantitative estimate of drug-likeness (QED) is 0.790. The van der Waals surface area contributed by atoms with Gasteiger partial charge in [-0.3, -0.25) is 0 Å². The van der Waals surface area contributed by atoms with E-state index in [0.29, 0.717) is 19.7 Å². The number of hydrogen-bond donors (Lipinski definition) is 0. The van der Waals surface area contributed by atoms with E-state index in [1.54, 1.807) is 4.90 Å². The first-order chi connectivity index (χ1) is 10.4. The number of anilines is 1. The molecule has 0 bridgehead atoms. The molecule has 1 aromatic rings. The molecule has 1 spiro atoms. The molecule has 8 heteroatoms. The van der Waals surface area contributed by atoms with Gasteiger partial charge in [-0.25, -0.2) is 9.97 Å². The van der Waals surface area contributed by atoms with Crippen molar-refractivity contribution in [2.75, 3.05) is 44.7 Å². The van der Waals surface area contributed by atoms with E-state index in [2.05, 4.69) is 21.9 Å². The fourth-order valence-corrected chi connectivity index (χ4v) is 3.11. The molecule has 2 aliphatic heterocycles. The number of alkyl halides is 3. The van der Waals surface area contributed by atoms with Crippen LogP contribution in [-0.2, 0) is 10.9 Å². The third kappa shape index (κ3) is 3.17. The highest BCUT2D eigenvalue weighted by atomic mass is 19.4. The van der Waals surface area contributed by atoms with Crippen LogP contribution in [0, 0.1) is 0 Å². The molecule has 0 N–H and O–H groups in total. The summed E-state index contributed by atoms with van der Waals surface area (Å²) >= 11 is 0. The van der Waals surface area contributed by atoms with Crippen LogP contribution in [0.5, 0.6) is 0 Å². The second kappa shape index (κ2) is 5.66. The third-order valence-corrected chi connectivity index (χ3v) is 4.33. The first-order valence-corrected chi connectivity index (χ1v) is 7.36. The average Bonchev–Trinajstić information content (AvgIpc) is 2.47. The Bertz CT molecular complexity index is 529. The first kappa shape index (κ1) is 15.5. The van der Waals surface area contributed by atoms with Crippen LogP contribution in [0.15, 0.2) is 12.3 Å². The second-order valence-electron chi connectivity index (χ2n) is 6.00. The van der Waals surface area contributed by atoms with E-state index in [0.717, 1.165) is 32.0 Å². The van der Waals surface area contributed by atoms with Gasteiger partial charge < -0.3 is 14.5 Å². The molecule has 5 nitrogen and oxygen atoms in total. The van der Waals surface area contributed by atoms with Gasteiger partial charge in [0.05, 0.1) is 12.2 Å². The Hall–Kier alpha value is -1.41. The number of hydrogen-bond acceptors (Lipinski definition) is 5. The fourth-order valence-electron chi connectivity index (χ4n) is 3.11. The van der Waals surface area contributed by atoms with Crippen LogP contribution in [0.3, 0.4) is 0 Å². The van der Waals surface area contributed by atoms with E-state index in [9.17, 15) is 13.2 Å². The molecule has 3 rings (SSSR count). The molecule has 0 saturated carbocycles. The van der Waals surface area contributed by atoms with Gasteiger partial charge >= 0.3 is 6.18 Å². The largest absolute Gasteiger partial charge is 0.433 e. The SMILES string of the molecule is CN1CCOC2(CCN(c3nccc(C(F)(F)F)n3)CC2)C1. The summed E-state index contributed by atoms with van der Waals surface area (Å²) in [6.45, 7) is 3.70. The summed E-state index contributed by atoms with van der Waals surface area (Å²) < 4.78 is 44.1. The molecular formula is C14H19F3N4O. The maximum absolute atomic E-state index is 12.7. The number of morpholine rings is 1. The summed E-state index contributed by atoms with van der Waals surface area (Å²) in [7, 11) is 2.06. The molecule has 1 aromatic heterocycles. The molecule has 2 fully saturated rings. The number of piperidine rings is 1.